The minimum Gasteiger partial charge on any atom is -0.394 e. The Labute approximate surface area is 192 Å². The van der Waals surface area contributed by atoms with Gasteiger partial charge in [-0.05, 0) is 41.0 Å². The minimum absolute atomic E-state index is 0.0694. The van der Waals surface area contributed by atoms with Gasteiger partial charge in [-0.25, -0.2) is 0 Å². The highest BCUT2D eigenvalue weighted by molar-refractivity contribution is 6.01. The number of carbonyl (C=O) groups excluding carboxylic acids is 2. The van der Waals surface area contributed by atoms with Gasteiger partial charge in [-0.15, -0.1) is 0 Å². The summed E-state index contributed by atoms with van der Waals surface area (Å²) < 4.78 is 5.63. The Bertz CT molecular complexity index is 999. The molecule has 0 unspecified atom stereocenters. The molecule has 1 aliphatic heterocycles. The highest BCUT2D eigenvalue weighted by Crippen LogP contribution is 2.33. The highest BCUT2D eigenvalue weighted by atomic mass is 16.5. The third kappa shape index (κ3) is 5.55. The van der Waals surface area contributed by atoms with Crippen LogP contribution in [0.1, 0.15) is 56.9 Å². The number of hydrogen-bond acceptors (Lipinski definition) is 7. The van der Waals surface area contributed by atoms with Crippen molar-refractivity contribution in [2.45, 2.75) is 43.9 Å². The molecule has 33 heavy (non-hydrogen) atoms. The summed E-state index contributed by atoms with van der Waals surface area (Å²) in [6.07, 6.45) is -2.29. The van der Waals surface area contributed by atoms with Gasteiger partial charge in [-0.3, -0.25) is 9.59 Å². The maximum atomic E-state index is 12.2. The first-order valence-corrected chi connectivity index (χ1v) is 10.8. The smallest absolute Gasteiger partial charge is 0.251 e. The van der Waals surface area contributed by atoms with Crippen molar-refractivity contribution in [3.63, 3.8) is 0 Å². The lowest BCUT2D eigenvalue weighted by Gasteiger charge is -2.40. The fourth-order valence-corrected chi connectivity index (χ4v) is 3.80. The van der Waals surface area contributed by atoms with Crippen molar-refractivity contribution < 1.29 is 34.8 Å². The molecule has 1 aliphatic rings. The summed E-state index contributed by atoms with van der Waals surface area (Å²) >= 11 is 0. The first-order chi connectivity index (χ1) is 15.8. The molecule has 0 aliphatic carbocycles. The molecule has 0 spiro atoms. The van der Waals surface area contributed by atoms with Crippen LogP contribution in [0.4, 0.5) is 0 Å². The molecule has 1 heterocycles. The molecule has 0 radical (unpaired) electrons. The number of aliphatic hydroxyl groups is 4. The second kappa shape index (κ2) is 10.8. The average Bonchev–Trinajstić information content (AvgIpc) is 2.85. The third-order valence-corrected chi connectivity index (χ3v) is 5.69. The van der Waals surface area contributed by atoms with Crippen LogP contribution >= 0.6 is 0 Å². The zero-order chi connectivity index (χ0) is 24.1. The molecule has 176 valence electrons. The second-order valence-electron chi connectivity index (χ2n) is 7.95. The zero-order valence-corrected chi connectivity index (χ0v) is 18.5. The molecule has 3 rings (SSSR count). The third-order valence-electron chi connectivity index (χ3n) is 5.69. The van der Waals surface area contributed by atoms with Crippen LogP contribution in [0.2, 0.25) is 0 Å². The van der Waals surface area contributed by atoms with E-state index in [0.717, 1.165) is 5.56 Å². The number of ketones is 1. The standard InChI is InChI=1S/C25H29NO7/c1-3-19(28)17-10-15(11-18(12-17)25(32)26-2)8-7-14-5-4-6-16(9-14)24-23(31)22(30)21(29)20(13-27)33-24/h4-12,20-24,27,29-31H,3,13H2,1-2H3,(H,26,32)/b8-7+/t20-,21-,22+,23+,24-/m1/s1. The van der Waals surface area contributed by atoms with Crippen LogP contribution in [0, 0.1) is 0 Å². The van der Waals surface area contributed by atoms with E-state index in [-0.39, 0.29) is 11.7 Å². The fourth-order valence-electron chi connectivity index (χ4n) is 3.80. The van der Waals surface area contributed by atoms with Crippen LogP contribution in [0.15, 0.2) is 42.5 Å². The van der Waals surface area contributed by atoms with Gasteiger partial charge in [0.1, 0.15) is 30.5 Å². The second-order valence-corrected chi connectivity index (χ2v) is 7.95. The molecule has 2 aromatic rings. The van der Waals surface area contributed by atoms with Gasteiger partial charge < -0.3 is 30.5 Å². The van der Waals surface area contributed by atoms with Crippen LogP contribution in [0.3, 0.4) is 0 Å². The van der Waals surface area contributed by atoms with Gasteiger partial charge in [0.2, 0.25) is 0 Å². The van der Waals surface area contributed by atoms with Crippen LogP contribution in [0.25, 0.3) is 12.2 Å². The maximum Gasteiger partial charge on any atom is 0.251 e. The first kappa shape index (κ1) is 24.8. The minimum atomic E-state index is -1.46. The van der Waals surface area contributed by atoms with E-state index >= 15 is 0 Å². The van der Waals surface area contributed by atoms with Gasteiger partial charge in [0.15, 0.2) is 5.78 Å². The summed E-state index contributed by atoms with van der Waals surface area (Å²) in [4.78, 5) is 24.3. The Hall–Kier alpha value is -2.88. The molecule has 5 N–H and O–H groups in total. The molecule has 0 aromatic heterocycles. The Kier molecular flexibility index (Phi) is 8.12. The lowest BCUT2D eigenvalue weighted by Crippen LogP contribution is -2.55. The lowest BCUT2D eigenvalue weighted by atomic mass is 9.90. The van der Waals surface area contributed by atoms with Crippen molar-refractivity contribution in [1.29, 1.82) is 0 Å². The van der Waals surface area contributed by atoms with E-state index in [9.17, 15) is 30.0 Å². The number of nitrogens with one attached hydrogen (secondary N) is 1. The van der Waals surface area contributed by atoms with Crippen LogP contribution in [-0.2, 0) is 4.74 Å². The van der Waals surface area contributed by atoms with E-state index in [1.807, 2.05) is 6.07 Å². The predicted octanol–water partition coefficient (Wildman–Crippen LogP) is 1.32. The largest absolute Gasteiger partial charge is 0.394 e. The maximum absolute atomic E-state index is 12.2. The number of rotatable bonds is 7. The van der Waals surface area contributed by atoms with E-state index in [4.69, 9.17) is 4.74 Å². The van der Waals surface area contributed by atoms with E-state index in [1.165, 1.54) is 7.05 Å². The summed E-state index contributed by atoms with van der Waals surface area (Å²) in [7, 11) is 1.52. The normalized spacial score (nSPS) is 25.2. The van der Waals surface area contributed by atoms with Crippen molar-refractivity contribution in [2.24, 2.45) is 0 Å². The van der Waals surface area contributed by atoms with Crippen LogP contribution in [-0.4, -0.2) is 70.2 Å². The van der Waals surface area contributed by atoms with Crippen LogP contribution < -0.4 is 5.32 Å². The first-order valence-electron chi connectivity index (χ1n) is 10.8. The van der Waals surface area contributed by atoms with Crippen LogP contribution in [0.5, 0.6) is 0 Å². The van der Waals surface area contributed by atoms with Crippen molar-refractivity contribution in [3.05, 3.63) is 70.3 Å². The van der Waals surface area contributed by atoms with Gasteiger partial charge in [0.25, 0.3) is 5.91 Å². The number of aliphatic hydroxyl groups excluding tert-OH is 4. The van der Waals surface area contributed by atoms with Crippen molar-refractivity contribution in [3.8, 4) is 0 Å². The molecular weight excluding hydrogens is 426 g/mol. The highest BCUT2D eigenvalue weighted by Gasteiger charge is 2.43. The van der Waals surface area contributed by atoms with Gasteiger partial charge >= 0.3 is 0 Å². The summed E-state index contributed by atoms with van der Waals surface area (Å²) in [5, 5.41) is 42.4. The SMILES string of the molecule is CCC(=O)c1cc(/C=C/c2cccc([C@H]3O[C@H](CO)[C@@H](O)[C@H](O)[C@@H]3O)c2)cc(C(=O)NC)c1. The summed E-state index contributed by atoms with van der Waals surface area (Å²) in [6.45, 7) is 1.26. The van der Waals surface area contributed by atoms with Gasteiger partial charge in [-0.2, -0.15) is 0 Å². The molecule has 1 amide bonds. The lowest BCUT2D eigenvalue weighted by molar-refractivity contribution is -0.231. The zero-order valence-electron chi connectivity index (χ0n) is 18.5. The van der Waals surface area contributed by atoms with Gasteiger partial charge in [-0.1, -0.05) is 37.3 Å². The molecule has 0 bridgehead atoms. The topological polar surface area (TPSA) is 136 Å². The predicted molar refractivity (Wildman–Crippen MR) is 123 cm³/mol. The molecule has 0 saturated carbocycles. The molecule has 1 saturated heterocycles. The Morgan fingerprint density at radius 2 is 1.67 bits per heavy atom. The van der Waals surface area contributed by atoms with Gasteiger partial charge in [0, 0.05) is 24.6 Å². The monoisotopic (exact) mass is 455 g/mol. The number of benzene rings is 2. The molecule has 8 nitrogen and oxygen atoms in total. The number of carbonyl (C=O) groups is 2. The summed E-state index contributed by atoms with van der Waals surface area (Å²) in [5.74, 6) is -0.361. The summed E-state index contributed by atoms with van der Waals surface area (Å²) in [6, 6.07) is 12.0. The molecule has 8 heteroatoms. The molecule has 5 atom stereocenters. The molecule has 2 aromatic carbocycles. The Morgan fingerprint density at radius 3 is 2.33 bits per heavy atom. The quantitative estimate of drug-likeness (QED) is 0.314. The fraction of sp³-hybridized carbons (Fsp3) is 0.360. The number of ether oxygens (including phenoxy) is 1. The van der Waals surface area contributed by atoms with E-state index in [1.54, 1.807) is 55.5 Å². The average molecular weight is 456 g/mol. The van der Waals surface area contributed by atoms with E-state index in [0.29, 0.717) is 28.7 Å². The summed E-state index contributed by atoms with van der Waals surface area (Å²) in [5.41, 5.74) is 2.82. The number of hydrogen-bond donors (Lipinski definition) is 5. The van der Waals surface area contributed by atoms with E-state index < -0.39 is 37.1 Å². The van der Waals surface area contributed by atoms with Crippen molar-refractivity contribution in [1.82, 2.24) is 5.32 Å². The van der Waals surface area contributed by atoms with Crippen molar-refractivity contribution in [2.75, 3.05) is 13.7 Å². The Balaban J connectivity index is 1.89. The Morgan fingerprint density at radius 1 is 0.970 bits per heavy atom. The number of Topliss-reactive ketones (excluding diaryl/α,β-unsaturated/α-hetero) is 1. The van der Waals surface area contributed by atoms with Crippen molar-refractivity contribution >= 4 is 23.8 Å². The van der Waals surface area contributed by atoms with Gasteiger partial charge in [0.05, 0.1) is 6.61 Å². The molecule has 1 fully saturated rings. The number of amides is 1. The molecular formula is C25H29NO7. The van der Waals surface area contributed by atoms with E-state index in [2.05, 4.69) is 5.32 Å².